The summed E-state index contributed by atoms with van der Waals surface area (Å²) in [5.41, 5.74) is 0. The van der Waals surface area contributed by atoms with Crippen molar-refractivity contribution in [2.75, 3.05) is 0 Å². The number of hydrogen-bond acceptors (Lipinski definition) is 0. The van der Waals surface area contributed by atoms with Crippen LogP contribution >= 0.6 is 0 Å². The van der Waals surface area contributed by atoms with Crippen LogP contribution in [0.5, 0.6) is 0 Å². The van der Waals surface area contributed by atoms with Crippen molar-refractivity contribution in [3.63, 3.8) is 0 Å². The molecule has 0 aromatic rings. The summed E-state index contributed by atoms with van der Waals surface area (Å²) >= 11 is 0. The average molecular weight is 97.2 g/mol. The van der Waals surface area contributed by atoms with Gasteiger partial charge in [0.25, 0.3) is 0 Å². The summed E-state index contributed by atoms with van der Waals surface area (Å²) in [6, 6.07) is 0. The predicted molar refractivity (Wildman–Crippen MR) is 34.0 cm³/mol. The van der Waals surface area contributed by atoms with E-state index in [1.54, 1.807) is 0 Å². The minimum Gasteiger partial charge on any atom is -0.0989 e. The Morgan fingerprint density at radius 2 is 2.43 bits per heavy atom. The summed E-state index contributed by atoms with van der Waals surface area (Å²) < 4.78 is 0. The molecule has 0 bridgehead atoms. The Morgan fingerprint density at radius 1 is 1.71 bits per heavy atom. The van der Waals surface area contributed by atoms with Gasteiger partial charge in [-0.05, 0) is 12.5 Å². The van der Waals surface area contributed by atoms with Crippen LogP contribution in [-0.4, -0.2) is 0 Å². The quantitative estimate of drug-likeness (QED) is 0.287. The van der Waals surface area contributed by atoms with E-state index < -0.39 is 0 Å². The number of hydrogen-bond donors (Lipinski definition) is 0. The van der Waals surface area contributed by atoms with E-state index in [0.29, 0.717) is 0 Å². The Bertz CT molecular complexity index is 37.3. The van der Waals surface area contributed by atoms with Crippen molar-refractivity contribution in [2.24, 2.45) is 0 Å². The van der Waals surface area contributed by atoms with E-state index in [9.17, 15) is 0 Å². The molecule has 0 atom stereocenters. The second kappa shape index (κ2) is 5.61. The van der Waals surface area contributed by atoms with E-state index >= 15 is 0 Å². The summed E-state index contributed by atoms with van der Waals surface area (Å²) in [4.78, 5) is 0. The second-order valence-electron chi connectivity index (χ2n) is 1.60. The molecule has 0 aliphatic carbocycles. The summed E-state index contributed by atoms with van der Waals surface area (Å²) in [7, 11) is 0. The van der Waals surface area contributed by atoms with Crippen molar-refractivity contribution in [2.45, 2.75) is 26.2 Å². The van der Waals surface area contributed by atoms with Crippen molar-refractivity contribution in [1.82, 2.24) is 0 Å². The molecule has 0 fully saturated rings. The third kappa shape index (κ3) is 5.61. The molecule has 0 unspecified atom stereocenters. The highest BCUT2D eigenvalue weighted by Crippen LogP contribution is 1.95. The van der Waals surface area contributed by atoms with E-state index in [-0.39, 0.29) is 0 Å². The molecule has 0 rings (SSSR count). The Hall–Kier alpha value is -0.390. The first-order valence-corrected chi connectivity index (χ1v) is 2.84. The lowest BCUT2D eigenvalue weighted by molar-refractivity contribution is 0.874. The van der Waals surface area contributed by atoms with Crippen molar-refractivity contribution < 1.29 is 0 Å². The fourth-order valence-corrected chi connectivity index (χ4v) is 0.440. The Labute approximate surface area is 46.2 Å². The SMILES string of the molecule is C=CC[CH+]CCC. The molecule has 40 valence electrons. The molecule has 0 aromatic heterocycles. The van der Waals surface area contributed by atoms with Crippen LogP contribution in [0.1, 0.15) is 26.2 Å². The van der Waals surface area contributed by atoms with Crippen LogP contribution in [0.3, 0.4) is 0 Å². The molecule has 0 saturated carbocycles. The summed E-state index contributed by atoms with van der Waals surface area (Å²) in [6.07, 6.45) is 7.72. The highest BCUT2D eigenvalue weighted by atomic mass is 13.8. The molecule has 0 heterocycles. The molecule has 0 spiro atoms. The lowest BCUT2D eigenvalue weighted by Gasteiger charge is -1.77. The normalized spacial score (nSPS) is 8.14. The Balaban J connectivity index is 2.56. The monoisotopic (exact) mass is 97.1 g/mol. The first-order valence-electron chi connectivity index (χ1n) is 2.84. The molecule has 0 aromatic carbocycles. The minimum atomic E-state index is 1.06. The van der Waals surface area contributed by atoms with E-state index in [2.05, 4.69) is 19.9 Å². The molecule has 0 N–H and O–H groups in total. The number of unbranched alkanes of at least 4 members (excludes halogenated alkanes) is 3. The second-order valence-corrected chi connectivity index (χ2v) is 1.60. The topological polar surface area (TPSA) is 0 Å². The lowest BCUT2D eigenvalue weighted by Crippen LogP contribution is -1.69. The lowest BCUT2D eigenvalue weighted by atomic mass is 10.2. The van der Waals surface area contributed by atoms with Crippen LogP contribution in [0.25, 0.3) is 0 Å². The van der Waals surface area contributed by atoms with Crippen molar-refractivity contribution in [1.29, 1.82) is 0 Å². The summed E-state index contributed by atoms with van der Waals surface area (Å²) in [5.74, 6) is 0. The van der Waals surface area contributed by atoms with Crippen LogP contribution in [0, 0.1) is 6.42 Å². The van der Waals surface area contributed by atoms with Crippen molar-refractivity contribution >= 4 is 0 Å². The molecule has 0 amide bonds. The van der Waals surface area contributed by atoms with Crippen molar-refractivity contribution in [3.8, 4) is 0 Å². The number of allylic oxidation sites excluding steroid dienone is 1. The predicted octanol–water partition coefficient (Wildman–Crippen LogP) is 2.57. The first-order chi connectivity index (χ1) is 3.41. The van der Waals surface area contributed by atoms with Gasteiger partial charge in [0.15, 0.2) is 0 Å². The highest BCUT2D eigenvalue weighted by Gasteiger charge is 1.88. The fraction of sp³-hybridized carbons (Fsp3) is 0.571. The molecule has 0 saturated heterocycles. The smallest absolute Gasteiger partial charge is 0.0989 e. The average Bonchev–Trinajstić information content (AvgIpc) is 1.69. The van der Waals surface area contributed by atoms with Crippen molar-refractivity contribution in [3.05, 3.63) is 19.1 Å². The highest BCUT2D eigenvalue weighted by molar-refractivity contribution is 4.76. The molecule has 7 heavy (non-hydrogen) atoms. The molecular formula is C7H13+. The maximum absolute atomic E-state index is 3.60. The minimum absolute atomic E-state index is 1.06. The summed E-state index contributed by atoms with van der Waals surface area (Å²) in [6.45, 7) is 5.78. The van der Waals surface area contributed by atoms with E-state index in [1.165, 1.54) is 12.8 Å². The molecule has 0 nitrogen and oxygen atoms in total. The zero-order chi connectivity index (χ0) is 5.54. The molecule has 0 radical (unpaired) electrons. The van der Waals surface area contributed by atoms with Gasteiger partial charge in [0.2, 0.25) is 0 Å². The fourth-order valence-electron chi connectivity index (χ4n) is 0.440. The third-order valence-corrected chi connectivity index (χ3v) is 0.826. The zero-order valence-corrected chi connectivity index (χ0v) is 4.98. The standard InChI is InChI=1S/C7H13/c1-3-5-7-6-4-2/h3,7H,1,4-6H2,2H3/q+1. The van der Waals surface area contributed by atoms with Gasteiger partial charge in [0.1, 0.15) is 6.42 Å². The molecular weight excluding hydrogens is 84.1 g/mol. The van der Waals surface area contributed by atoms with E-state index in [4.69, 9.17) is 0 Å². The van der Waals surface area contributed by atoms with Gasteiger partial charge in [-0.1, -0.05) is 13.5 Å². The van der Waals surface area contributed by atoms with Crippen LogP contribution in [0.2, 0.25) is 0 Å². The van der Waals surface area contributed by atoms with Gasteiger partial charge in [0.05, 0.1) is 12.8 Å². The van der Waals surface area contributed by atoms with Gasteiger partial charge in [0, 0.05) is 0 Å². The largest absolute Gasteiger partial charge is 0.105 e. The maximum atomic E-state index is 3.60. The maximum Gasteiger partial charge on any atom is 0.105 e. The van der Waals surface area contributed by atoms with Crippen LogP contribution in [-0.2, 0) is 0 Å². The number of rotatable bonds is 4. The van der Waals surface area contributed by atoms with Crippen LogP contribution in [0.15, 0.2) is 12.7 Å². The van der Waals surface area contributed by atoms with Gasteiger partial charge < -0.3 is 0 Å². The first kappa shape index (κ1) is 6.61. The van der Waals surface area contributed by atoms with Crippen LogP contribution in [0.4, 0.5) is 0 Å². The van der Waals surface area contributed by atoms with Gasteiger partial charge in [-0.2, -0.15) is 0 Å². The van der Waals surface area contributed by atoms with Gasteiger partial charge >= 0.3 is 0 Å². The van der Waals surface area contributed by atoms with Gasteiger partial charge in [-0.3, -0.25) is 0 Å². The summed E-state index contributed by atoms with van der Waals surface area (Å²) in [5, 5.41) is 0. The third-order valence-electron chi connectivity index (χ3n) is 0.826. The zero-order valence-electron chi connectivity index (χ0n) is 4.98. The van der Waals surface area contributed by atoms with Gasteiger partial charge in [-0.25, -0.2) is 0 Å². The van der Waals surface area contributed by atoms with Crippen LogP contribution < -0.4 is 0 Å². The van der Waals surface area contributed by atoms with E-state index in [0.717, 1.165) is 6.42 Å². The Morgan fingerprint density at radius 3 is 2.86 bits per heavy atom. The van der Waals surface area contributed by atoms with Gasteiger partial charge in [-0.15, -0.1) is 0 Å². The molecule has 0 heteroatoms. The molecule has 0 aliphatic heterocycles. The van der Waals surface area contributed by atoms with E-state index in [1.807, 2.05) is 6.08 Å². The molecule has 0 aliphatic rings. The Kier molecular flexibility index (Phi) is 5.30.